The molecular formula is C16H26O3. The van der Waals surface area contributed by atoms with Crippen molar-refractivity contribution in [2.45, 2.75) is 71.3 Å². The zero-order chi connectivity index (χ0) is 13.8. The number of ether oxygens (including phenoxy) is 1. The lowest BCUT2D eigenvalue weighted by atomic mass is 9.70. The highest BCUT2D eigenvalue weighted by atomic mass is 16.5. The van der Waals surface area contributed by atoms with Crippen LogP contribution in [0.15, 0.2) is 0 Å². The van der Waals surface area contributed by atoms with E-state index in [1.165, 1.54) is 32.6 Å². The van der Waals surface area contributed by atoms with Gasteiger partial charge in [0.1, 0.15) is 11.9 Å². The van der Waals surface area contributed by atoms with Gasteiger partial charge in [-0.2, -0.15) is 0 Å². The van der Waals surface area contributed by atoms with E-state index in [2.05, 4.69) is 6.92 Å². The summed E-state index contributed by atoms with van der Waals surface area (Å²) < 4.78 is 5.24. The molecule has 3 heteroatoms. The summed E-state index contributed by atoms with van der Waals surface area (Å²) in [6.07, 6.45) is 8.77. The van der Waals surface area contributed by atoms with Crippen LogP contribution >= 0.6 is 0 Å². The number of ketones is 1. The predicted molar refractivity (Wildman–Crippen MR) is 73.6 cm³/mol. The largest absolute Gasteiger partial charge is 0.463 e. The molecule has 19 heavy (non-hydrogen) atoms. The van der Waals surface area contributed by atoms with Gasteiger partial charge < -0.3 is 4.74 Å². The van der Waals surface area contributed by atoms with E-state index in [0.29, 0.717) is 17.6 Å². The molecule has 2 aliphatic carbocycles. The summed E-state index contributed by atoms with van der Waals surface area (Å²) in [5.74, 6) is 2.13. The Hall–Kier alpha value is -0.860. The van der Waals surface area contributed by atoms with Gasteiger partial charge in [0.25, 0.3) is 0 Å². The van der Waals surface area contributed by atoms with Gasteiger partial charge in [0, 0.05) is 19.3 Å². The number of rotatable bonds is 7. The molecule has 0 N–H and O–H groups in total. The Balaban J connectivity index is 1.61. The Bertz CT molecular complexity index is 337. The van der Waals surface area contributed by atoms with Crippen LogP contribution in [0.1, 0.15) is 65.2 Å². The van der Waals surface area contributed by atoms with Gasteiger partial charge in [-0.3, -0.25) is 9.59 Å². The number of esters is 1. The summed E-state index contributed by atoms with van der Waals surface area (Å²) in [7, 11) is 0. The molecule has 108 valence electrons. The lowest BCUT2D eigenvalue weighted by Crippen LogP contribution is -2.36. The number of carbonyl (C=O) groups excluding carboxylic acids is 2. The third kappa shape index (κ3) is 3.58. The van der Waals surface area contributed by atoms with Crippen molar-refractivity contribution >= 4 is 11.8 Å². The Morgan fingerprint density at radius 1 is 1.37 bits per heavy atom. The van der Waals surface area contributed by atoms with E-state index >= 15 is 0 Å². The second kappa shape index (κ2) is 6.53. The average Bonchev–Trinajstić information content (AvgIpc) is 2.68. The molecule has 0 aromatic carbocycles. The quantitative estimate of drug-likeness (QED) is 0.523. The zero-order valence-corrected chi connectivity index (χ0v) is 12.2. The monoisotopic (exact) mass is 266 g/mol. The summed E-state index contributed by atoms with van der Waals surface area (Å²) in [4.78, 5) is 22.5. The van der Waals surface area contributed by atoms with Crippen molar-refractivity contribution in [2.75, 3.05) is 0 Å². The second-order valence-electron chi connectivity index (χ2n) is 6.22. The molecule has 0 aromatic heterocycles. The molecule has 0 bridgehead atoms. The first-order chi connectivity index (χ1) is 9.11. The van der Waals surface area contributed by atoms with Crippen molar-refractivity contribution in [2.24, 2.45) is 17.8 Å². The van der Waals surface area contributed by atoms with Crippen molar-refractivity contribution in [3.05, 3.63) is 0 Å². The maximum atomic E-state index is 11.6. The number of Topliss-reactive ketones (excluding diaryl/α,β-unsaturated/α-hetero) is 1. The smallest absolute Gasteiger partial charge is 0.302 e. The summed E-state index contributed by atoms with van der Waals surface area (Å²) in [6.45, 7) is 3.53. The van der Waals surface area contributed by atoms with Gasteiger partial charge in [-0.05, 0) is 50.4 Å². The molecule has 0 heterocycles. The first-order valence-electron chi connectivity index (χ1n) is 7.81. The molecule has 0 amide bonds. The maximum Gasteiger partial charge on any atom is 0.302 e. The van der Waals surface area contributed by atoms with Crippen LogP contribution in [0.5, 0.6) is 0 Å². The number of unbranched alkanes of at least 4 members (excludes halogenated alkanes) is 1. The fourth-order valence-electron chi connectivity index (χ4n) is 3.84. The van der Waals surface area contributed by atoms with Crippen molar-refractivity contribution in [3.8, 4) is 0 Å². The van der Waals surface area contributed by atoms with Crippen molar-refractivity contribution in [3.63, 3.8) is 0 Å². The molecule has 2 saturated carbocycles. The molecular weight excluding hydrogens is 240 g/mol. The molecule has 0 saturated heterocycles. The van der Waals surface area contributed by atoms with Gasteiger partial charge in [0.15, 0.2) is 0 Å². The fraction of sp³-hybridized carbons (Fsp3) is 0.875. The van der Waals surface area contributed by atoms with Crippen molar-refractivity contribution in [1.29, 1.82) is 0 Å². The van der Waals surface area contributed by atoms with Gasteiger partial charge in [-0.25, -0.2) is 0 Å². The molecule has 3 nitrogen and oxygen atoms in total. The molecule has 2 aliphatic rings. The first kappa shape index (κ1) is 14.5. The van der Waals surface area contributed by atoms with E-state index < -0.39 is 0 Å². The highest BCUT2D eigenvalue weighted by Gasteiger charge is 2.48. The topological polar surface area (TPSA) is 43.4 Å². The SMILES string of the molecule is CCC(CCCCC1CCC2CC(=O)C12)OC(C)=O. The van der Waals surface area contributed by atoms with Crippen LogP contribution in [0.25, 0.3) is 0 Å². The van der Waals surface area contributed by atoms with Crippen LogP contribution < -0.4 is 0 Å². The van der Waals surface area contributed by atoms with Crippen LogP contribution in [0.2, 0.25) is 0 Å². The Morgan fingerprint density at radius 3 is 2.79 bits per heavy atom. The molecule has 0 spiro atoms. The normalized spacial score (nSPS) is 30.6. The van der Waals surface area contributed by atoms with E-state index in [1.54, 1.807) is 0 Å². The van der Waals surface area contributed by atoms with Crippen LogP contribution in [-0.2, 0) is 14.3 Å². The maximum absolute atomic E-state index is 11.6. The Kier molecular flexibility index (Phi) is 5.00. The van der Waals surface area contributed by atoms with Crippen LogP contribution in [0.3, 0.4) is 0 Å². The second-order valence-corrected chi connectivity index (χ2v) is 6.22. The third-order valence-electron chi connectivity index (χ3n) is 4.90. The van der Waals surface area contributed by atoms with Crippen molar-refractivity contribution in [1.82, 2.24) is 0 Å². The Labute approximate surface area is 116 Å². The minimum absolute atomic E-state index is 0.0826. The first-order valence-corrected chi connectivity index (χ1v) is 7.81. The zero-order valence-electron chi connectivity index (χ0n) is 12.2. The van der Waals surface area contributed by atoms with Crippen LogP contribution in [0, 0.1) is 17.8 Å². The highest BCUT2D eigenvalue weighted by molar-refractivity contribution is 5.88. The van der Waals surface area contributed by atoms with Gasteiger partial charge in [-0.1, -0.05) is 13.3 Å². The highest BCUT2D eigenvalue weighted by Crippen LogP contribution is 2.49. The molecule has 0 aliphatic heterocycles. The van der Waals surface area contributed by atoms with Gasteiger partial charge in [0.2, 0.25) is 0 Å². The van der Waals surface area contributed by atoms with E-state index in [1.807, 2.05) is 0 Å². The van der Waals surface area contributed by atoms with E-state index in [-0.39, 0.29) is 12.1 Å². The number of hydrogen-bond acceptors (Lipinski definition) is 3. The summed E-state index contributed by atoms with van der Waals surface area (Å²) in [5, 5.41) is 0. The molecule has 2 rings (SSSR count). The van der Waals surface area contributed by atoms with E-state index in [0.717, 1.165) is 31.6 Å². The fourth-order valence-corrected chi connectivity index (χ4v) is 3.84. The minimum atomic E-state index is -0.175. The molecule has 4 atom stereocenters. The lowest BCUT2D eigenvalue weighted by molar-refractivity contribution is -0.146. The summed E-state index contributed by atoms with van der Waals surface area (Å²) in [5.41, 5.74) is 0. The third-order valence-corrected chi connectivity index (χ3v) is 4.90. The standard InChI is InChI=1S/C16H26O3/c1-3-14(19-11(2)17)7-5-4-6-12-8-9-13-10-15(18)16(12)13/h12-14,16H,3-10H2,1-2H3. The molecule has 2 fully saturated rings. The Morgan fingerprint density at radius 2 is 2.16 bits per heavy atom. The van der Waals surface area contributed by atoms with Gasteiger partial charge in [0.05, 0.1) is 0 Å². The molecule has 0 radical (unpaired) electrons. The number of fused-ring (bicyclic) bond motifs is 1. The predicted octanol–water partition coefficient (Wildman–Crippen LogP) is 3.50. The molecule has 4 unspecified atom stereocenters. The van der Waals surface area contributed by atoms with Crippen LogP contribution in [0.4, 0.5) is 0 Å². The number of hydrogen-bond donors (Lipinski definition) is 0. The molecule has 0 aromatic rings. The van der Waals surface area contributed by atoms with Gasteiger partial charge >= 0.3 is 5.97 Å². The van der Waals surface area contributed by atoms with Crippen molar-refractivity contribution < 1.29 is 14.3 Å². The summed E-state index contributed by atoms with van der Waals surface area (Å²) in [6, 6.07) is 0. The lowest BCUT2D eigenvalue weighted by Gasteiger charge is -2.32. The average molecular weight is 266 g/mol. The van der Waals surface area contributed by atoms with Gasteiger partial charge in [-0.15, -0.1) is 0 Å². The number of carbonyl (C=O) groups is 2. The summed E-state index contributed by atoms with van der Waals surface area (Å²) >= 11 is 0. The minimum Gasteiger partial charge on any atom is -0.463 e. The van der Waals surface area contributed by atoms with E-state index in [4.69, 9.17) is 4.74 Å². The van der Waals surface area contributed by atoms with Crippen LogP contribution in [-0.4, -0.2) is 17.9 Å². The van der Waals surface area contributed by atoms with E-state index in [9.17, 15) is 9.59 Å².